The molecule has 3 aromatic rings. The number of hydrogen-bond donors (Lipinski definition) is 0. The van der Waals surface area contributed by atoms with Crippen molar-refractivity contribution in [3.05, 3.63) is 82.9 Å². The molecule has 0 saturated heterocycles. The molecule has 0 unspecified atom stereocenters. The minimum absolute atomic E-state index is 0.331. The van der Waals surface area contributed by atoms with E-state index in [1.54, 1.807) is 0 Å². The van der Waals surface area contributed by atoms with Gasteiger partial charge in [-0.2, -0.15) is 0 Å². The number of carbonyl (C=O) groups excluding carboxylic acids is 1. The number of esters is 1. The highest BCUT2D eigenvalue weighted by Gasteiger charge is 2.53. The molecule has 2 heterocycles. The summed E-state index contributed by atoms with van der Waals surface area (Å²) >= 11 is 6.93. The van der Waals surface area contributed by atoms with Gasteiger partial charge in [0.2, 0.25) is 0 Å². The summed E-state index contributed by atoms with van der Waals surface area (Å²) in [6, 6.07) is 19.3. The highest BCUT2D eigenvalue weighted by atomic mass is 79.9. The van der Waals surface area contributed by atoms with Crippen molar-refractivity contribution in [3.63, 3.8) is 0 Å². The fourth-order valence-electron chi connectivity index (χ4n) is 4.04. The van der Waals surface area contributed by atoms with Gasteiger partial charge in [0.15, 0.2) is 5.60 Å². The van der Waals surface area contributed by atoms with E-state index in [1.807, 2.05) is 82.6 Å². The SMILES string of the molecule is CN(Br)c1ccc2c(c1)Oc1cc(N(C)Br)ccc1C21OC(=O)c2ccccc21. The van der Waals surface area contributed by atoms with E-state index >= 15 is 0 Å². The van der Waals surface area contributed by atoms with E-state index in [4.69, 9.17) is 9.47 Å². The Kier molecular flexibility index (Phi) is 4.15. The van der Waals surface area contributed by atoms with E-state index in [2.05, 4.69) is 32.3 Å². The molecule has 0 aromatic heterocycles. The van der Waals surface area contributed by atoms with E-state index in [0.717, 1.165) is 28.1 Å². The maximum atomic E-state index is 12.8. The Bertz CT molecular complexity index is 1100. The molecule has 0 radical (unpaired) electrons. The van der Waals surface area contributed by atoms with Crippen LogP contribution >= 0.6 is 32.3 Å². The van der Waals surface area contributed by atoms with E-state index in [9.17, 15) is 4.79 Å². The molecule has 146 valence electrons. The van der Waals surface area contributed by atoms with Gasteiger partial charge in [-0.25, -0.2) is 4.79 Å². The highest BCUT2D eigenvalue weighted by Crippen LogP contribution is 2.57. The molecule has 0 atom stereocenters. The van der Waals surface area contributed by atoms with Gasteiger partial charge in [0.05, 0.1) is 16.9 Å². The molecule has 1 spiro atoms. The van der Waals surface area contributed by atoms with Crippen LogP contribution in [0, 0.1) is 0 Å². The molecule has 5 rings (SSSR count). The van der Waals surface area contributed by atoms with E-state index in [1.165, 1.54) is 0 Å². The molecule has 7 heteroatoms. The van der Waals surface area contributed by atoms with Gasteiger partial charge in [-0.3, -0.25) is 0 Å². The number of ether oxygens (including phenoxy) is 2. The minimum Gasteiger partial charge on any atom is -0.456 e. The first kappa shape index (κ1) is 18.5. The van der Waals surface area contributed by atoms with E-state index < -0.39 is 5.60 Å². The van der Waals surface area contributed by atoms with Crippen molar-refractivity contribution in [1.82, 2.24) is 0 Å². The Morgan fingerprint density at radius 1 is 0.793 bits per heavy atom. The van der Waals surface area contributed by atoms with Crippen molar-refractivity contribution in [2.24, 2.45) is 0 Å². The van der Waals surface area contributed by atoms with Crippen LogP contribution in [0.2, 0.25) is 0 Å². The van der Waals surface area contributed by atoms with Gasteiger partial charge in [-0.05, 0) is 30.3 Å². The van der Waals surface area contributed by atoms with Crippen molar-refractivity contribution < 1.29 is 14.3 Å². The first-order valence-corrected chi connectivity index (χ1v) is 10.4. The van der Waals surface area contributed by atoms with Crippen molar-refractivity contribution >= 4 is 49.6 Å². The molecular weight excluding hydrogens is 500 g/mol. The summed E-state index contributed by atoms with van der Waals surface area (Å²) in [4.78, 5) is 12.8. The van der Waals surface area contributed by atoms with Gasteiger partial charge in [0.1, 0.15) is 11.5 Å². The van der Waals surface area contributed by atoms with Crippen LogP contribution in [-0.4, -0.2) is 20.1 Å². The summed E-state index contributed by atoms with van der Waals surface area (Å²) in [6.07, 6.45) is 0. The number of nitrogens with zero attached hydrogens (tertiary/aromatic N) is 2. The number of hydrogen-bond acceptors (Lipinski definition) is 5. The Balaban J connectivity index is 1.83. The van der Waals surface area contributed by atoms with Gasteiger partial charge in [0, 0.05) is 75.2 Å². The second-order valence-electron chi connectivity index (χ2n) is 7.03. The van der Waals surface area contributed by atoms with Crippen LogP contribution in [0.15, 0.2) is 60.7 Å². The fourth-order valence-corrected chi connectivity index (χ4v) is 4.48. The average Bonchev–Trinajstić information content (AvgIpc) is 3.01. The summed E-state index contributed by atoms with van der Waals surface area (Å²) in [5, 5.41) is 0. The van der Waals surface area contributed by atoms with Crippen molar-refractivity contribution in [2.75, 3.05) is 21.9 Å². The summed E-state index contributed by atoms with van der Waals surface area (Å²) in [7, 11) is 3.80. The first-order valence-electron chi connectivity index (χ1n) is 9.00. The largest absolute Gasteiger partial charge is 0.456 e. The summed E-state index contributed by atoms with van der Waals surface area (Å²) in [5.74, 6) is 0.975. The molecule has 3 aromatic carbocycles. The Morgan fingerprint density at radius 2 is 1.34 bits per heavy atom. The quantitative estimate of drug-likeness (QED) is 0.321. The maximum Gasteiger partial charge on any atom is 0.340 e. The fraction of sp³-hybridized carbons (Fsp3) is 0.136. The van der Waals surface area contributed by atoms with Crippen LogP contribution in [0.3, 0.4) is 0 Å². The normalized spacial score (nSPS) is 15.1. The molecule has 0 saturated carbocycles. The first-order chi connectivity index (χ1) is 13.9. The number of rotatable bonds is 2. The summed E-state index contributed by atoms with van der Waals surface area (Å²) in [6.45, 7) is 0. The lowest BCUT2D eigenvalue weighted by atomic mass is 9.77. The van der Waals surface area contributed by atoms with Crippen molar-refractivity contribution in [2.45, 2.75) is 5.60 Å². The monoisotopic (exact) mass is 514 g/mol. The molecule has 5 nitrogen and oxygen atoms in total. The zero-order valence-electron chi connectivity index (χ0n) is 15.6. The molecule has 2 aliphatic rings. The van der Waals surface area contributed by atoms with Gasteiger partial charge < -0.3 is 17.3 Å². The molecule has 0 N–H and O–H groups in total. The number of halogens is 2. The minimum atomic E-state index is -1.04. The van der Waals surface area contributed by atoms with Gasteiger partial charge >= 0.3 is 5.97 Å². The van der Waals surface area contributed by atoms with E-state index in [-0.39, 0.29) is 5.97 Å². The zero-order chi connectivity index (χ0) is 20.3. The lowest BCUT2D eigenvalue weighted by molar-refractivity contribution is 0.0224. The number of anilines is 2. The van der Waals surface area contributed by atoms with Crippen LogP contribution in [0.1, 0.15) is 27.0 Å². The number of benzene rings is 3. The third-order valence-corrected chi connectivity index (χ3v) is 6.21. The molecule has 0 amide bonds. The Hall–Kier alpha value is -2.51. The standard InChI is InChI=1S/C22H16Br2N2O3/c1-25(23)13-7-9-17-19(11-13)28-20-12-14(26(2)24)8-10-18(20)22(17)16-6-4-3-5-15(16)21(27)29-22/h3-12H,1-2H3. The molecule has 29 heavy (non-hydrogen) atoms. The molecule has 0 aliphatic carbocycles. The topological polar surface area (TPSA) is 42.0 Å². The van der Waals surface area contributed by atoms with Crippen LogP contribution in [-0.2, 0) is 10.3 Å². The number of carbonyl (C=O) groups is 1. The van der Waals surface area contributed by atoms with Crippen LogP contribution in [0.5, 0.6) is 11.5 Å². The second-order valence-corrected chi connectivity index (χ2v) is 9.16. The highest BCUT2D eigenvalue weighted by molar-refractivity contribution is 9.10. The summed E-state index contributed by atoms with van der Waals surface area (Å²) in [5.41, 5.74) is 3.83. The third-order valence-electron chi connectivity index (χ3n) is 5.39. The van der Waals surface area contributed by atoms with Crippen LogP contribution in [0.4, 0.5) is 11.4 Å². The van der Waals surface area contributed by atoms with Crippen LogP contribution in [0.25, 0.3) is 0 Å². The van der Waals surface area contributed by atoms with Gasteiger partial charge in [-0.15, -0.1) is 0 Å². The average molecular weight is 516 g/mol. The van der Waals surface area contributed by atoms with Gasteiger partial charge in [-0.1, -0.05) is 18.2 Å². The molecule has 2 aliphatic heterocycles. The second kappa shape index (κ2) is 6.50. The molecule has 0 fully saturated rings. The van der Waals surface area contributed by atoms with Gasteiger partial charge in [0.25, 0.3) is 0 Å². The molecular formula is C22H16Br2N2O3. The maximum absolute atomic E-state index is 12.8. The Labute approximate surface area is 185 Å². The third kappa shape index (κ3) is 2.60. The summed E-state index contributed by atoms with van der Waals surface area (Å²) < 4.78 is 16.1. The smallest absolute Gasteiger partial charge is 0.340 e. The van der Waals surface area contributed by atoms with E-state index in [0.29, 0.717) is 17.1 Å². The van der Waals surface area contributed by atoms with Crippen molar-refractivity contribution in [1.29, 1.82) is 0 Å². The predicted molar refractivity (Wildman–Crippen MR) is 119 cm³/mol. The van der Waals surface area contributed by atoms with Crippen molar-refractivity contribution in [3.8, 4) is 11.5 Å². The number of fused-ring (bicyclic) bond motifs is 6. The lowest BCUT2D eigenvalue weighted by Crippen LogP contribution is -2.33. The predicted octanol–water partition coefficient (Wildman–Crippen LogP) is 5.75. The lowest BCUT2D eigenvalue weighted by Gasteiger charge is -2.37. The molecule has 0 bridgehead atoms. The Morgan fingerprint density at radius 3 is 1.90 bits per heavy atom. The van der Waals surface area contributed by atoms with Crippen LogP contribution < -0.4 is 12.6 Å². The zero-order valence-corrected chi connectivity index (χ0v) is 18.8.